The standard InChI is InChI=1S/C20H24N4O7S/c1-13(2)10-18(21)20(26)23-32(29,30)17-5-3-4-14(11-17)22-19(25)12-31-16-8-6-15(7-9-16)24(27)28/h3-9,11,13,18H,10,12,21H2,1-2H3,(H,22,25)(H,23,26)/t18-/m0/s1. The summed E-state index contributed by atoms with van der Waals surface area (Å²) in [5.74, 6) is -1.03. The SMILES string of the molecule is CC(C)C[C@H](N)C(=O)NS(=O)(=O)c1cccc(NC(=O)COc2ccc([N+](=O)[O-])cc2)c1. The number of benzene rings is 2. The fourth-order valence-corrected chi connectivity index (χ4v) is 3.71. The monoisotopic (exact) mass is 464 g/mol. The number of non-ortho nitro benzene ring substituents is 1. The van der Waals surface area contributed by atoms with Crippen molar-refractivity contribution < 1.29 is 27.7 Å². The normalized spacial score (nSPS) is 12.1. The van der Waals surface area contributed by atoms with Crippen molar-refractivity contribution in [2.75, 3.05) is 11.9 Å². The van der Waals surface area contributed by atoms with Gasteiger partial charge in [0.05, 0.1) is 15.9 Å². The highest BCUT2D eigenvalue weighted by Gasteiger charge is 2.23. The van der Waals surface area contributed by atoms with Gasteiger partial charge in [0.15, 0.2) is 6.61 Å². The zero-order valence-electron chi connectivity index (χ0n) is 17.5. The number of nitro benzene ring substituents is 1. The zero-order chi connectivity index (χ0) is 23.9. The van der Waals surface area contributed by atoms with E-state index in [2.05, 4.69) is 5.32 Å². The lowest BCUT2D eigenvalue weighted by atomic mass is 10.0. The second-order valence-corrected chi connectivity index (χ2v) is 9.00. The van der Waals surface area contributed by atoms with E-state index in [1.54, 1.807) is 0 Å². The lowest BCUT2D eigenvalue weighted by Gasteiger charge is -2.15. The maximum absolute atomic E-state index is 12.5. The zero-order valence-corrected chi connectivity index (χ0v) is 18.3. The summed E-state index contributed by atoms with van der Waals surface area (Å²) in [6, 6.07) is 9.54. The summed E-state index contributed by atoms with van der Waals surface area (Å²) < 4.78 is 32.2. The first kappa shape index (κ1) is 24.8. The molecule has 11 nitrogen and oxygen atoms in total. The molecule has 0 saturated heterocycles. The molecule has 2 rings (SSSR count). The summed E-state index contributed by atoms with van der Waals surface area (Å²) in [5, 5.41) is 13.1. The number of nitrogens with one attached hydrogen (secondary N) is 2. The van der Waals surface area contributed by atoms with Crippen LogP contribution in [0.5, 0.6) is 5.75 Å². The Hall–Kier alpha value is -3.51. The number of rotatable bonds is 10. The molecule has 0 bridgehead atoms. The molecule has 2 aromatic carbocycles. The highest BCUT2D eigenvalue weighted by molar-refractivity contribution is 7.90. The van der Waals surface area contributed by atoms with Crippen molar-refractivity contribution >= 4 is 33.2 Å². The average Bonchev–Trinajstić information content (AvgIpc) is 2.72. The number of nitrogens with zero attached hydrogens (tertiary/aromatic N) is 1. The molecule has 2 amide bonds. The van der Waals surface area contributed by atoms with Gasteiger partial charge >= 0.3 is 0 Å². The Morgan fingerprint density at radius 3 is 2.41 bits per heavy atom. The van der Waals surface area contributed by atoms with Crippen molar-refractivity contribution in [1.29, 1.82) is 0 Å². The minimum absolute atomic E-state index is 0.114. The minimum Gasteiger partial charge on any atom is -0.484 e. The van der Waals surface area contributed by atoms with Gasteiger partial charge in [0.1, 0.15) is 5.75 Å². The van der Waals surface area contributed by atoms with Gasteiger partial charge in [0, 0.05) is 17.8 Å². The Balaban J connectivity index is 1.98. The molecular formula is C20H24N4O7S. The van der Waals surface area contributed by atoms with E-state index < -0.39 is 39.4 Å². The van der Waals surface area contributed by atoms with Crippen molar-refractivity contribution in [1.82, 2.24) is 4.72 Å². The van der Waals surface area contributed by atoms with Crippen LogP contribution in [-0.2, 0) is 19.6 Å². The number of anilines is 1. The summed E-state index contributed by atoms with van der Waals surface area (Å²) in [5.41, 5.74) is 5.78. The highest BCUT2D eigenvalue weighted by Crippen LogP contribution is 2.18. The van der Waals surface area contributed by atoms with Gasteiger partial charge in [-0.15, -0.1) is 0 Å². The van der Waals surface area contributed by atoms with Crippen molar-refractivity contribution in [2.24, 2.45) is 11.7 Å². The Morgan fingerprint density at radius 2 is 1.81 bits per heavy atom. The van der Waals surface area contributed by atoms with E-state index >= 15 is 0 Å². The summed E-state index contributed by atoms with van der Waals surface area (Å²) >= 11 is 0. The second kappa shape index (κ2) is 10.7. The molecule has 12 heteroatoms. The fraction of sp³-hybridized carbons (Fsp3) is 0.300. The predicted molar refractivity (Wildman–Crippen MR) is 116 cm³/mol. The van der Waals surface area contributed by atoms with Crippen molar-refractivity contribution in [3.63, 3.8) is 0 Å². The first-order chi connectivity index (χ1) is 15.0. The number of amides is 2. The molecule has 172 valence electrons. The number of carbonyl (C=O) groups is 2. The fourth-order valence-electron chi connectivity index (χ4n) is 2.63. The molecule has 0 aliphatic carbocycles. The van der Waals surface area contributed by atoms with E-state index in [0.717, 1.165) is 0 Å². The van der Waals surface area contributed by atoms with Crippen LogP contribution in [0.1, 0.15) is 20.3 Å². The Labute approximate surface area is 185 Å². The van der Waals surface area contributed by atoms with Crippen molar-refractivity contribution in [2.45, 2.75) is 31.2 Å². The molecule has 0 saturated carbocycles. The Morgan fingerprint density at radius 1 is 1.16 bits per heavy atom. The average molecular weight is 465 g/mol. The summed E-state index contributed by atoms with van der Waals surface area (Å²) in [7, 11) is -4.18. The Bertz CT molecular complexity index is 1090. The van der Waals surface area contributed by atoms with Gasteiger partial charge in [0.2, 0.25) is 0 Å². The van der Waals surface area contributed by atoms with Crippen LogP contribution < -0.4 is 20.5 Å². The van der Waals surface area contributed by atoms with Crippen LogP contribution in [0.3, 0.4) is 0 Å². The van der Waals surface area contributed by atoms with Crippen LogP contribution >= 0.6 is 0 Å². The molecule has 0 aromatic heterocycles. The molecular weight excluding hydrogens is 440 g/mol. The van der Waals surface area contributed by atoms with Gasteiger partial charge in [-0.2, -0.15) is 0 Å². The smallest absolute Gasteiger partial charge is 0.269 e. The number of nitrogens with two attached hydrogens (primary N) is 1. The lowest BCUT2D eigenvalue weighted by molar-refractivity contribution is -0.384. The molecule has 0 radical (unpaired) electrons. The largest absolute Gasteiger partial charge is 0.484 e. The van der Waals surface area contributed by atoms with E-state index in [0.29, 0.717) is 6.42 Å². The third-order valence-electron chi connectivity index (χ3n) is 4.14. The molecule has 4 N–H and O–H groups in total. The van der Waals surface area contributed by atoms with Crippen LogP contribution in [0.4, 0.5) is 11.4 Å². The van der Waals surface area contributed by atoms with Gasteiger partial charge in [-0.1, -0.05) is 19.9 Å². The molecule has 0 spiro atoms. The van der Waals surface area contributed by atoms with E-state index in [4.69, 9.17) is 10.5 Å². The van der Waals surface area contributed by atoms with Gasteiger partial charge in [-0.05, 0) is 42.7 Å². The first-order valence-corrected chi connectivity index (χ1v) is 11.1. The summed E-state index contributed by atoms with van der Waals surface area (Å²) in [6.07, 6.45) is 0.326. The van der Waals surface area contributed by atoms with E-state index in [1.165, 1.54) is 48.5 Å². The first-order valence-electron chi connectivity index (χ1n) is 9.57. The summed E-state index contributed by atoms with van der Waals surface area (Å²) in [6.45, 7) is 3.31. The number of carbonyl (C=O) groups excluding carboxylic acids is 2. The molecule has 0 aliphatic heterocycles. The quantitative estimate of drug-likeness (QED) is 0.353. The third-order valence-corrected chi connectivity index (χ3v) is 5.49. The summed E-state index contributed by atoms with van der Waals surface area (Å²) in [4.78, 5) is 34.0. The molecule has 32 heavy (non-hydrogen) atoms. The topological polar surface area (TPSA) is 171 Å². The molecule has 1 atom stereocenters. The molecule has 0 fully saturated rings. The van der Waals surface area contributed by atoms with Gasteiger partial charge < -0.3 is 15.8 Å². The van der Waals surface area contributed by atoms with E-state index in [-0.39, 0.29) is 27.9 Å². The van der Waals surface area contributed by atoms with Gasteiger partial charge in [-0.25, -0.2) is 13.1 Å². The number of ether oxygens (including phenoxy) is 1. The number of sulfonamides is 1. The lowest BCUT2D eigenvalue weighted by Crippen LogP contribution is -2.43. The minimum atomic E-state index is -4.18. The second-order valence-electron chi connectivity index (χ2n) is 7.32. The molecule has 0 unspecified atom stereocenters. The van der Waals surface area contributed by atoms with E-state index in [1.807, 2.05) is 18.6 Å². The van der Waals surface area contributed by atoms with Gasteiger partial charge in [-0.3, -0.25) is 19.7 Å². The van der Waals surface area contributed by atoms with Crippen LogP contribution in [0.25, 0.3) is 0 Å². The number of nitro groups is 1. The molecule has 2 aromatic rings. The van der Waals surface area contributed by atoms with Crippen molar-refractivity contribution in [3.05, 3.63) is 58.6 Å². The maximum atomic E-state index is 12.5. The number of hydrogen-bond acceptors (Lipinski definition) is 8. The van der Waals surface area contributed by atoms with Gasteiger partial charge in [0.25, 0.3) is 27.5 Å². The third kappa shape index (κ3) is 7.32. The van der Waals surface area contributed by atoms with Crippen LogP contribution in [0, 0.1) is 16.0 Å². The predicted octanol–water partition coefficient (Wildman–Crippen LogP) is 1.79. The maximum Gasteiger partial charge on any atom is 0.269 e. The van der Waals surface area contributed by atoms with Crippen LogP contribution in [-0.4, -0.2) is 37.8 Å². The Kier molecular flexibility index (Phi) is 8.27. The highest BCUT2D eigenvalue weighted by atomic mass is 32.2. The van der Waals surface area contributed by atoms with Crippen molar-refractivity contribution in [3.8, 4) is 5.75 Å². The molecule has 0 aliphatic rings. The van der Waals surface area contributed by atoms with Crippen LogP contribution in [0.15, 0.2) is 53.4 Å². The molecule has 0 heterocycles. The van der Waals surface area contributed by atoms with E-state index in [9.17, 15) is 28.1 Å². The van der Waals surface area contributed by atoms with Crippen LogP contribution in [0.2, 0.25) is 0 Å². The number of hydrogen-bond donors (Lipinski definition) is 3.